The quantitative estimate of drug-likeness (QED) is 0.662. The van der Waals surface area contributed by atoms with Gasteiger partial charge in [0.15, 0.2) is 5.76 Å². The first kappa shape index (κ1) is 18.7. The fourth-order valence-corrected chi connectivity index (χ4v) is 5.39. The Morgan fingerprint density at radius 3 is 2.76 bits per heavy atom. The SMILES string of the molecule is O=C(N[C@H]1C[C@H](CCN2CCN(c3cccc4sccc34)CC2)C1)c1ccco1. The zero-order chi connectivity index (χ0) is 19.6. The van der Waals surface area contributed by atoms with Crippen molar-refractivity contribution in [2.75, 3.05) is 37.6 Å². The maximum atomic E-state index is 12.0. The summed E-state index contributed by atoms with van der Waals surface area (Å²) in [7, 11) is 0. The highest BCUT2D eigenvalue weighted by atomic mass is 32.1. The van der Waals surface area contributed by atoms with Gasteiger partial charge in [-0.25, -0.2) is 0 Å². The third-order valence-electron chi connectivity index (χ3n) is 6.36. The van der Waals surface area contributed by atoms with E-state index in [9.17, 15) is 4.79 Å². The van der Waals surface area contributed by atoms with Crippen molar-refractivity contribution in [3.63, 3.8) is 0 Å². The molecular formula is C23H27N3O2S. The summed E-state index contributed by atoms with van der Waals surface area (Å²) in [4.78, 5) is 17.1. The molecule has 2 aromatic heterocycles. The molecule has 2 fully saturated rings. The van der Waals surface area contributed by atoms with E-state index in [1.165, 1.54) is 28.7 Å². The lowest BCUT2D eigenvalue weighted by molar-refractivity contribution is 0.0849. The molecule has 5 rings (SSSR count). The minimum atomic E-state index is -0.0878. The minimum Gasteiger partial charge on any atom is -0.459 e. The molecule has 3 heterocycles. The Hall–Kier alpha value is -2.31. The van der Waals surface area contributed by atoms with E-state index in [1.807, 2.05) is 11.3 Å². The van der Waals surface area contributed by atoms with Crippen molar-refractivity contribution in [2.45, 2.75) is 25.3 Å². The van der Waals surface area contributed by atoms with Crippen molar-refractivity contribution in [2.24, 2.45) is 5.92 Å². The van der Waals surface area contributed by atoms with Gasteiger partial charge in [-0.05, 0) is 67.4 Å². The van der Waals surface area contributed by atoms with Crippen LogP contribution in [0.5, 0.6) is 0 Å². The number of rotatable bonds is 6. The number of carbonyl (C=O) groups excluding carboxylic acids is 1. The molecule has 3 aromatic rings. The van der Waals surface area contributed by atoms with Gasteiger partial charge >= 0.3 is 0 Å². The number of nitrogens with one attached hydrogen (secondary N) is 1. The van der Waals surface area contributed by atoms with Gasteiger partial charge in [0.1, 0.15) is 0 Å². The molecular weight excluding hydrogens is 382 g/mol. The number of hydrogen-bond acceptors (Lipinski definition) is 5. The van der Waals surface area contributed by atoms with Crippen LogP contribution in [0.1, 0.15) is 29.8 Å². The molecule has 0 atom stereocenters. The van der Waals surface area contributed by atoms with E-state index < -0.39 is 0 Å². The van der Waals surface area contributed by atoms with E-state index in [4.69, 9.17) is 4.42 Å². The summed E-state index contributed by atoms with van der Waals surface area (Å²) in [5.74, 6) is 1.05. The Balaban J connectivity index is 1.04. The highest BCUT2D eigenvalue weighted by molar-refractivity contribution is 7.17. The van der Waals surface area contributed by atoms with Crippen molar-refractivity contribution in [3.8, 4) is 0 Å². The van der Waals surface area contributed by atoms with Crippen LogP contribution >= 0.6 is 11.3 Å². The summed E-state index contributed by atoms with van der Waals surface area (Å²) in [6, 6.07) is 12.7. The van der Waals surface area contributed by atoms with Crippen molar-refractivity contribution in [1.82, 2.24) is 10.2 Å². The van der Waals surface area contributed by atoms with Crippen molar-refractivity contribution >= 4 is 33.0 Å². The molecule has 6 heteroatoms. The lowest BCUT2D eigenvalue weighted by Gasteiger charge is -2.39. The van der Waals surface area contributed by atoms with Gasteiger partial charge in [0.2, 0.25) is 0 Å². The Morgan fingerprint density at radius 2 is 1.97 bits per heavy atom. The average Bonchev–Trinajstić information content (AvgIpc) is 3.41. The molecule has 5 nitrogen and oxygen atoms in total. The van der Waals surface area contributed by atoms with E-state index in [2.05, 4.69) is 44.8 Å². The maximum absolute atomic E-state index is 12.0. The number of furan rings is 1. The van der Waals surface area contributed by atoms with Crippen molar-refractivity contribution in [1.29, 1.82) is 0 Å². The predicted octanol–water partition coefficient (Wildman–Crippen LogP) is 4.22. The number of thiophene rings is 1. The van der Waals surface area contributed by atoms with Gasteiger partial charge in [-0.15, -0.1) is 11.3 Å². The van der Waals surface area contributed by atoms with E-state index in [-0.39, 0.29) is 5.91 Å². The molecule has 0 unspecified atom stereocenters. The van der Waals surface area contributed by atoms with Crippen LogP contribution in [-0.4, -0.2) is 49.6 Å². The van der Waals surface area contributed by atoms with Crippen LogP contribution in [0.2, 0.25) is 0 Å². The third kappa shape index (κ3) is 4.05. The normalized spacial score (nSPS) is 22.6. The largest absolute Gasteiger partial charge is 0.459 e. The molecule has 1 saturated heterocycles. The number of hydrogen-bond donors (Lipinski definition) is 1. The first-order valence-corrected chi connectivity index (χ1v) is 11.4. The second-order valence-electron chi connectivity index (χ2n) is 8.21. The number of nitrogens with zero attached hydrogens (tertiary/aromatic N) is 2. The second kappa shape index (κ2) is 8.20. The molecule has 1 aliphatic carbocycles. The summed E-state index contributed by atoms with van der Waals surface area (Å²) < 4.78 is 6.53. The van der Waals surface area contributed by atoms with Gasteiger partial charge in [-0.2, -0.15) is 0 Å². The molecule has 152 valence electrons. The number of fused-ring (bicyclic) bond motifs is 1. The maximum Gasteiger partial charge on any atom is 0.287 e. The molecule has 1 aromatic carbocycles. The van der Waals surface area contributed by atoms with Crippen LogP contribution in [0.4, 0.5) is 5.69 Å². The summed E-state index contributed by atoms with van der Waals surface area (Å²) in [6.45, 7) is 5.63. The Labute approximate surface area is 175 Å². The van der Waals surface area contributed by atoms with Gasteiger partial charge < -0.3 is 14.6 Å². The highest BCUT2D eigenvalue weighted by Crippen LogP contribution is 2.32. The van der Waals surface area contributed by atoms with E-state index in [1.54, 1.807) is 18.4 Å². The average molecular weight is 410 g/mol. The number of benzene rings is 1. The van der Waals surface area contributed by atoms with Crippen LogP contribution in [0, 0.1) is 5.92 Å². The van der Waals surface area contributed by atoms with E-state index in [0.717, 1.165) is 44.9 Å². The first-order chi connectivity index (χ1) is 14.3. The number of amides is 1. The molecule has 29 heavy (non-hydrogen) atoms. The molecule has 0 bridgehead atoms. The van der Waals surface area contributed by atoms with Gasteiger partial charge in [-0.3, -0.25) is 9.69 Å². The van der Waals surface area contributed by atoms with Crippen LogP contribution in [0.15, 0.2) is 52.5 Å². The van der Waals surface area contributed by atoms with Crippen LogP contribution in [-0.2, 0) is 0 Å². The highest BCUT2D eigenvalue weighted by Gasteiger charge is 2.31. The van der Waals surface area contributed by atoms with Gasteiger partial charge in [0.25, 0.3) is 5.91 Å². The molecule has 1 saturated carbocycles. The number of piperazine rings is 1. The van der Waals surface area contributed by atoms with Crippen LogP contribution in [0.3, 0.4) is 0 Å². The topological polar surface area (TPSA) is 48.7 Å². The monoisotopic (exact) mass is 409 g/mol. The molecule has 0 radical (unpaired) electrons. The molecule has 2 aliphatic rings. The molecule has 1 amide bonds. The summed E-state index contributed by atoms with van der Waals surface area (Å²) in [5, 5.41) is 6.65. The standard InChI is InChI=1S/C23H27N3O2S/c27-23(21-4-2-13-28-21)24-18-15-17(16-18)6-8-25-9-11-26(12-10-25)20-3-1-5-22-19(20)7-14-29-22/h1-5,7,13-14,17-18H,6,8-12,15-16H2,(H,24,27)/t17-,18-. The lowest BCUT2D eigenvalue weighted by Crippen LogP contribution is -2.48. The van der Waals surface area contributed by atoms with E-state index in [0.29, 0.717) is 11.8 Å². The Morgan fingerprint density at radius 1 is 1.10 bits per heavy atom. The van der Waals surface area contributed by atoms with Gasteiger partial charge in [0, 0.05) is 48.0 Å². The van der Waals surface area contributed by atoms with E-state index >= 15 is 0 Å². The van der Waals surface area contributed by atoms with Crippen molar-refractivity contribution < 1.29 is 9.21 Å². The lowest BCUT2D eigenvalue weighted by atomic mass is 9.78. The molecule has 0 spiro atoms. The molecule has 1 N–H and O–H groups in total. The smallest absolute Gasteiger partial charge is 0.287 e. The number of carbonyl (C=O) groups is 1. The minimum absolute atomic E-state index is 0.0878. The second-order valence-corrected chi connectivity index (χ2v) is 9.16. The summed E-state index contributed by atoms with van der Waals surface area (Å²) >= 11 is 1.82. The van der Waals surface area contributed by atoms with Crippen LogP contribution < -0.4 is 10.2 Å². The summed E-state index contributed by atoms with van der Waals surface area (Å²) in [5.41, 5.74) is 1.39. The third-order valence-corrected chi connectivity index (χ3v) is 7.24. The first-order valence-electron chi connectivity index (χ1n) is 10.5. The number of anilines is 1. The summed E-state index contributed by atoms with van der Waals surface area (Å²) in [6.07, 6.45) is 4.95. The van der Waals surface area contributed by atoms with Crippen LogP contribution in [0.25, 0.3) is 10.1 Å². The fraction of sp³-hybridized carbons (Fsp3) is 0.435. The molecule has 1 aliphatic heterocycles. The van der Waals surface area contributed by atoms with Crippen molar-refractivity contribution in [3.05, 3.63) is 53.8 Å². The van der Waals surface area contributed by atoms with Gasteiger partial charge in [-0.1, -0.05) is 6.07 Å². The Kier molecular flexibility index (Phi) is 5.29. The predicted molar refractivity (Wildman–Crippen MR) is 118 cm³/mol. The Bertz CT molecular complexity index is 954. The van der Waals surface area contributed by atoms with Gasteiger partial charge in [0.05, 0.1) is 6.26 Å². The zero-order valence-electron chi connectivity index (χ0n) is 16.5. The fourth-order valence-electron chi connectivity index (χ4n) is 4.58. The zero-order valence-corrected chi connectivity index (χ0v) is 17.4.